The Morgan fingerprint density at radius 3 is 2.57 bits per heavy atom. The average molecular weight is 318 g/mol. The summed E-state index contributed by atoms with van der Waals surface area (Å²) in [6.07, 6.45) is 0. The number of para-hydroxylation sites is 2. The summed E-state index contributed by atoms with van der Waals surface area (Å²) in [7, 11) is 0. The number of benzene rings is 2. The van der Waals surface area contributed by atoms with Crippen LogP contribution in [-0.4, -0.2) is 25.8 Å². The van der Waals surface area contributed by atoms with Crippen LogP contribution in [0.3, 0.4) is 0 Å². The van der Waals surface area contributed by atoms with E-state index < -0.39 is 0 Å². The van der Waals surface area contributed by atoms with Crippen molar-refractivity contribution < 1.29 is 18.7 Å². The van der Waals surface area contributed by atoms with Gasteiger partial charge in [0, 0.05) is 0 Å². The molecule has 0 spiro atoms. The summed E-state index contributed by atoms with van der Waals surface area (Å²) in [6, 6.07) is 12.6. The molecule has 0 saturated carbocycles. The van der Waals surface area contributed by atoms with Crippen molar-refractivity contribution in [3.8, 4) is 11.5 Å². The zero-order chi connectivity index (χ0) is 16.5. The van der Waals surface area contributed by atoms with Gasteiger partial charge in [0.05, 0.1) is 18.8 Å². The highest BCUT2D eigenvalue weighted by Gasteiger charge is 2.06. The minimum absolute atomic E-state index is 0.284. The van der Waals surface area contributed by atoms with E-state index in [4.69, 9.17) is 9.47 Å². The second kappa shape index (κ2) is 8.63. The Kier molecular flexibility index (Phi) is 6.23. The zero-order valence-electron chi connectivity index (χ0n) is 12.8. The summed E-state index contributed by atoms with van der Waals surface area (Å²) in [5.41, 5.74) is 0.603. The smallest absolute Gasteiger partial charge is 0.319 e. The molecule has 2 rings (SSSR count). The van der Waals surface area contributed by atoms with Gasteiger partial charge in [-0.25, -0.2) is 9.18 Å². The normalized spacial score (nSPS) is 10.0. The molecule has 0 aliphatic heterocycles. The Hall–Kier alpha value is -2.76. The number of hydrogen-bond donors (Lipinski definition) is 2. The Morgan fingerprint density at radius 1 is 1.09 bits per heavy atom. The summed E-state index contributed by atoms with van der Waals surface area (Å²) in [5, 5.41) is 5.40. The lowest BCUT2D eigenvalue weighted by atomic mass is 10.3. The van der Waals surface area contributed by atoms with E-state index in [9.17, 15) is 9.18 Å². The van der Waals surface area contributed by atoms with Crippen LogP contribution in [0.4, 0.5) is 14.9 Å². The van der Waals surface area contributed by atoms with E-state index in [1.807, 2.05) is 19.1 Å². The predicted molar refractivity (Wildman–Crippen MR) is 86.5 cm³/mol. The van der Waals surface area contributed by atoms with E-state index in [1.54, 1.807) is 12.1 Å². The van der Waals surface area contributed by atoms with E-state index in [2.05, 4.69) is 10.6 Å². The zero-order valence-corrected chi connectivity index (χ0v) is 12.8. The largest absolute Gasteiger partial charge is 0.492 e. The molecule has 0 heterocycles. The number of amides is 2. The van der Waals surface area contributed by atoms with Gasteiger partial charge in [0.1, 0.15) is 23.9 Å². The molecule has 2 N–H and O–H groups in total. The molecular weight excluding hydrogens is 299 g/mol. The van der Waals surface area contributed by atoms with E-state index in [0.717, 1.165) is 0 Å². The van der Waals surface area contributed by atoms with Gasteiger partial charge in [0.15, 0.2) is 0 Å². The van der Waals surface area contributed by atoms with Crippen LogP contribution in [0.1, 0.15) is 6.92 Å². The van der Waals surface area contributed by atoms with Crippen molar-refractivity contribution in [2.24, 2.45) is 0 Å². The Bertz CT molecular complexity index is 632. The van der Waals surface area contributed by atoms with Crippen molar-refractivity contribution in [1.82, 2.24) is 5.32 Å². The monoisotopic (exact) mass is 318 g/mol. The molecule has 0 fully saturated rings. The number of ether oxygens (including phenoxy) is 2. The fourth-order valence-electron chi connectivity index (χ4n) is 1.88. The maximum absolute atomic E-state index is 12.7. The summed E-state index contributed by atoms with van der Waals surface area (Å²) in [5.74, 6) is 0.853. The highest BCUT2D eigenvalue weighted by atomic mass is 19.1. The topological polar surface area (TPSA) is 59.6 Å². The molecule has 2 amide bonds. The summed E-state index contributed by atoms with van der Waals surface area (Å²) < 4.78 is 23.6. The molecule has 122 valence electrons. The molecular formula is C17H19FN2O3. The molecule has 0 unspecified atom stereocenters. The van der Waals surface area contributed by atoms with Crippen LogP contribution in [0, 0.1) is 5.82 Å². The molecule has 0 aromatic heterocycles. The summed E-state index contributed by atoms with van der Waals surface area (Å²) in [4.78, 5) is 11.8. The van der Waals surface area contributed by atoms with Crippen LogP contribution >= 0.6 is 0 Å². The molecule has 0 bridgehead atoms. The van der Waals surface area contributed by atoms with Crippen molar-refractivity contribution in [2.75, 3.05) is 25.1 Å². The lowest BCUT2D eigenvalue weighted by Gasteiger charge is -2.12. The third-order valence-corrected chi connectivity index (χ3v) is 2.91. The van der Waals surface area contributed by atoms with Gasteiger partial charge in [0.25, 0.3) is 0 Å². The molecule has 23 heavy (non-hydrogen) atoms. The maximum Gasteiger partial charge on any atom is 0.319 e. The molecule has 0 aliphatic rings. The third-order valence-electron chi connectivity index (χ3n) is 2.91. The van der Waals surface area contributed by atoms with Crippen molar-refractivity contribution in [1.29, 1.82) is 0 Å². The summed E-state index contributed by atoms with van der Waals surface area (Å²) >= 11 is 0. The van der Waals surface area contributed by atoms with Gasteiger partial charge in [-0.1, -0.05) is 12.1 Å². The molecule has 0 radical (unpaired) electrons. The lowest BCUT2D eigenvalue weighted by Crippen LogP contribution is -2.32. The van der Waals surface area contributed by atoms with Gasteiger partial charge < -0.3 is 20.1 Å². The van der Waals surface area contributed by atoms with Gasteiger partial charge in [-0.05, 0) is 43.3 Å². The SMILES string of the molecule is CCOc1ccccc1NC(=O)NCCOc1ccc(F)cc1. The first-order valence-corrected chi connectivity index (χ1v) is 7.34. The quantitative estimate of drug-likeness (QED) is 0.769. The van der Waals surface area contributed by atoms with Gasteiger partial charge in [-0.15, -0.1) is 0 Å². The molecule has 0 saturated heterocycles. The van der Waals surface area contributed by atoms with E-state index >= 15 is 0 Å². The Labute approximate surface area is 134 Å². The Morgan fingerprint density at radius 2 is 1.83 bits per heavy atom. The van der Waals surface area contributed by atoms with Crippen LogP contribution in [0.5, 0.6) is 11.5 Å². The first-order chi connectivity index (χ1) is 11.2. The second-order valence-corrected chi connectivity index (χ2v) is 4.61. The number of halogens is 1. The highest BCUT2D eigenvalue weighted by Crippen LogP contribution is 2.23. The fourth-order valence-corrected chi connectivity index (χ4v) is 1.88. The van der Waals surface area contributed by atoms with E-state index in [-0.39, 0.29) is 18.5 Å². The number of urea groups is 1. The lowest BCUT2D eigenvalue weighted by molar-refractivity contribution is 0.247. The number of anilines is 1. The van der Waals surface area contributed by atoms with Gasteiger partial charge >= 0.3 is 6.03 Å². The number of carbonyl (C=O) groups is 1. The number of hydrogen-bond acceptors (Lipinski definition) is 3. The third kappa shape index (κ3) is 5.50. The van der Waals surface area contributed by atoms with E-state index in [1.165, 1.54) is 24.3 Å². The van der Waals surface area contributed by atoms with E-state index in [0.29, 0.717) is 30.3 Å². The van der Waals surface area contributed by atoms with Gasteiger partial charge in [-0.3, -0.25) is 0 Å². The van der Waals surface area contributed by atoms with Crippen LogP contribution in [0.15, 0.2) is 48.5 Å². The number of nitrogens with one attached hydrogen (secondary N) is 2. The Balaban J connectivity index is 1.74. The minimum atomic E-state index is -0.347. The fraction of sp³-hybridized carbons (Fsp3) is 0.235. The maximum atomic E-state index is 12.7. The summed E-state index contributed by atoms with van der Waals surface area (Å²) in [6.45, 7) is 3.00. The average Bonchev–Trinajstić information content (AvgIpc) is 2.55. The minimum Gasteiger partial charge on any atom is -0.492 e. The van der Waals surface area contributed by atoms with Crippen molar-refractivity contribution in [3.05, 3.63) is 54.3 Å². The predicted octanol–water partition coefficient (Wildman–Crippen LogP) is 3.42. The molecule has 5 nitrogen and oxygen atoms in total. The highest BCUT2D eigenvalue weighted by molar-refractivity contribution is 5.90. The molecule has 2 aromatic rings. The first kappa shape index (κ1) is 16.6. The molecule has 0 aliphatic carbocycles. The second-order valence-electron chi connectivity index (χ2n) is 4.61. The van der Waals surface area contributed by atoms with Crippen LogP contribution in [0.25, 0.3) is 0 Å². The van der Waals surface area contributed by atoms with Gasteiger partial charge in [0.2, 0.25) is 0 Å². The van der Waals surface area contributed by atoms with Crippen LogP contribution in [0.2, 0.25) is 0 Å². The molecule has 2 aromatic carbocycles. The molecule has 0 atom stereocenters. The number of rotatable bonds is 7. The first-order valence-electron chi connectivity index (χ1n) is 7.34. The van der Waals surface area contributed by atoms with Crippen LogP contribution < -0.4 is 20.1 Å². The standard InChI is InChI=1S/C17H19FN2O3/c1-2-22-16-6-4-3-5-15(16)20-17(21)19-11-12-23-14-9-7-13(18)8-10-14/h3-10H,2,11-12H2,1H3,(H2,19,20,21). The van der Waals surface area contributed by atoms with Crippen molar-refractivity contribution in [3.63, 3.8) is 0 Å². The van der Waals surface area contributed by atoms with Gasteiger partial charge in [-0.2, -0.15) is 0 Å². The van der Waals surface area contributed by atoms with Crippen LogP contribution in [-0.2, 0) is 0 Å². The van der Waals surface area contributed by atoms with Crippen molar-refractivity contribution in [2.45, 2.75) is 6.92 Å². The molecule has 6 heteroatoms. The number of carbonyl (C=O) groups excluding carboxylic acids is 1. The van der Waals surface area contributed by atoms with Crippen molar-refractivity contribution >= 4 is 11.7 Å².